The quantitative estimate of drug-likeness (QED) is 0.264. The minimum absolute atomic E-state index is 0. The second kappa shape index (κ2) is 4.06. The average Bonchev–Trinajstić information content (AvgIpc) is 1.69. The van der Waals surface area contributed by atoms with Crippen molar-refractivity contribution in [3.63, 3.8) is 0 Å². The van der Waals surface area contributed by atoms with E-state index in [0.29, 0.717) is 5.92 Å². The van der Waals surface area contributed by atoms with Crippen LogP contribution in [0.25, 0.3) is 0 Å². The molecule has 0 radical (unpaired) electrons. The molecule has 0 saturated heterocycles. The molecule has 1 rings (SSSR count). The molecule has 8 heavy (non-hydrogen) atoms. The first kappa shape index (κ1) is 8.14. The van der Waals surface area contributed by atoms with Crippen molar-refractivity contribution in [1.82, 2.24) is 0 Å². The Labute approximate surface area is 62.3 Å². The molecule has 0 N–H and O–H groups in total. The second-order valence-electron chi connectivity index (χ2n) is 1.90. The van der Waals surface area contributed by atoms with Crippen molar-refractivity contribution >= 4 is 0 Å². The van der Waals surface area contributed by atoms with Crippen molar-refractivity contribution in [3.05, 3.63) is 12.3 Å². The fourth-order valence-electron chi connectivity index (χ4n) is 0.551. The van der Waals surface area contributed by atoms with Gasteiger partial charge >= 0.3 is 18.9 Å². The van der Waals surface area contributed by atoms with E-state index >= 15 is 0 Å². The zero-order valence-electron chi connectivity index (χ0n) is 5.48. The van der Waals surface area contributed by atoms with Gasteiger partial charge in [-0.3, -0.25) is 0 Å². The molecule has 2 heteroatoms. The Balaban J connectivity index is 0.000000490. The summed E-state index contributed by atoms with van der Waals surface area (Å²) in [5, 5.41) is 0. The van der Waals surface area contributed by atoms with Crippen molar-refractivity contribution in [2.45, 2.75) is 13.3 Å². The van der Waals surface area contributed by atoms with Gasteiger partial charge in [0.1, 0.15) is 0 Å². The maximum Gasteiger partial charge on any atom is 1.00 e. The third kappa shape index (κ3) is 2.45. The smallest absolute Gasteiger partial charge is 0.693 e. The molecule has 0 aromatic carbocycles. The fourth-order valence-corrected chi connectivity index (χ4v) is 0.551. The van der Waals surface area contributed by atoms with E-state index < -0.39 is 0 Å². The summed E-state index contributed by atoms with van der Waals surface area (Å²) in [6.07, 6.45) is 5.82. The topological polar surface area (TPSA) is 9.23 Å². The summed E-state index contributed by atoms with van der Waals surface area (Å²) in [7, 11) is 0. The molecule has 1 heterocycles. The van der Waals surface area contributed by atoms with Gasteiger partial charge in [-0.05, 0) is 6.42 Å². The summed E-state index contributed by atoms with van der Waals surface area (Å²) in [6, 6.07) is 0. The summed E-state index contributed by atoms with van der Waals surface area (Å²) in [6.45, 7) is 3.01. The molecule has 1 nitrogen and oxygen atoms in total. The molecular weight excluding hydrogens is 95.0 g/mol. The normalized spacial score (nSPS) is 25.9. The maximum absolute atomic E-state index is 4.83. The summed E-state index contributed by atoms with van der Waals surface area (Å²) < 4.78 is 4.83. The van der Waals surface area contributed by atoms with Crippen molar-refractivity contribution in [2.24, 2.45) is 5.92 Å². The Morgan fingerprint density at radius 3 is 2.75 bits per heavy atom. The molecule has 0 fully saturated rings. The summed E-state index contributed by atoms with van der Waals surface area (Å²) in [4.78, 5) is 0. The van der Waals surface area contributed by atoms with Crippen LogP contribution in [0.15, 0.2) is 6.08 Å². The van der Waals surface area contributed by atoms with Crippen LogP contribution in [0.4, 0.5) is 0 Å². The Hall–Kier alpha value is 0.137. The molecule has 1 unspecified atom stereocenters. The molecule has 0 saturated carbocycles. The molecule has 1 atom stereocenters. The van der Waals surface area contributed by atoms with Crippen LogP contribution in [0.3, 0.4) is 0 Å². The maximum atomic E-state index is 4.83. The minimum atomic E-state index is 0. The summed E-state index contributed by atoms with van der Waals surface area (Å²) in [5.41, 5.74) is 0. The van der Waals surface area contributed by atoms with Crippen molar-refractivity contribution < 1.29 is 23.6 Å². The molecule has 0 aromatic heterocycles. The first-order chi connectivity index (χ1) is 3.39. The monoisotopic (exact) mass is 104 g/mol. The van der Waals surface area contributed by atoms with Crippen LogP contribution in [0.1, 0.15) is 13.3 Å². The third-order valence-electron chi connectivity index (χ3n) is 1.11. The average molecular weight is 104 g/mol. The Kier molecular flexibility index (Phi) is 4.13. The van der Waals surface area contributed by atoms with Gasteiger partial charge in [0.25, 0.3) is 0 Å². The van der Waals surface area contributed by atoms with Gasteiger partial charge in [-0.2, -0.15) is 0 Å². The first-order valence-electron chi connectivity index (χ1n) is 2.60. The van der Waals surface area contributed by atoms with Crippen LogP contribution in [0.5, 0.6) is 0 Å². The van der Waals surface area contributed by atoms with Crippen molar-refractivity contribution in [2.75, 3.05) is 6.61 Å². The zero-order chi connectivity index (χ0) is 5.11. The van der Waals surface area contributed by atoms with Gasteiger partial charge in [-0.1, -0.05) is 12.8 Å². The van der Waals surface area contributed by atoms with E-state index in [0.717, 1.165) is 13.0 Å². The largest absolute Gasteiger partial charge is 1.00 e. The van der Waals surface area contributed by atoms with E-state index in [1.807, 2.05) is 6.08 Å². The van der Waals surface area contributed by atoms with Crippen LogP contribution in [0.2, 0.25) is 0 Å². The molecule has 0 aromatic rings. The van der Waals surface area contributed by atoms with E-state index in [4.69, 9.17) is 4.74 Å². The van der Waals surface area contributed by atoms with E-state index in [-0.39, 0.29) is 18.9 Å². The van der Waals surface area contributed by atoms with Gasteiger partial charge in [-0.25, -0.2) is 6.08 Å². The SMILES string of the molecule is CC1C=[C-]OCC1.[Li+]. The summed E-state index contributed by atoms with van der Waals surface area (Å²) >= 11 is 0. The number of allylic oxidation sites excluding steroid dienone is 1. The van der Waals surface area contributed by atoms with Crippen LogP contribution >= 0.6 is 0 Å². The number of hydrogen-bond donors (Lipinski definition) is 0. The second-order valence-corrected chi connectivity index (χ2v) is 1.90. The van der Waals surface area contributed by atoms with Crippen LogP contribution < -0.4 is 18.9 Å². The predicted molar refractivity (Wildman–Crippen MR) is 27.5 cm³/mol. The van der Waals surface area contributed by atoms with E-state index in [1.54, 1.807) is 0 Å². The van der Waals surface area contributed by atoms with Gasteiger partial charge in [0.15, 0.2) is 0 Å². The van der Waals surface area contributed by atoms with Gasteiger partial charge in [-0.15, -0.1) is 0 Å². The Bertz CT molecular complexity index is 80.6. The molecule has 40 valence electrons. The fraction of sp³-hybridized carbons (Fsp3) is 0.667. The summed E-state index contributed by atoms with van der Waals surface area (Å²) in [5.74, 6) is 0.675. The molecule has 0 amide bonds. The van der Waals surface area contributed by atoms with Gasteiger partial charge in [0.05, 0.1) is 0 Å². The Morgan fingerprint density at radius 1 is 1.75 bits per heavy atom. The van der Waals surface area contributed by atoms with Crippen molar-refractivity contribution in [3.8, 4) is 0 Å². The van der Waals surface area contributed by atoms with E-state index in [1.165, 1.54) is 0 Å². The molecule has 1 aliphatic rings. The number of ether oxygens (including phenoxy) is 1. The minimum Gasteiger partial charge on any atom is -0.693 e. The van der Waals surface area contributed by atoms with Gasteiger partial charge < -0.3 is 11.0 Å². The zero-order valence-corrected chi connectivity index (χ0v) is 5.48. The van der Waals surface area contributed by atoms with Gasteiger partial charge in [0.2, 0.25) is 0 Å². The number of hydrogen-bond acceptors (Lipinski definition) is 1. The van der Waals surface area contributed by atoms with Crippen molar-refractivity contribution in [1.29, 1.82) is 0 Å². The molecule has 0 aliphatic carbocycles. The van der Waals surface area contributed by atoms with Crippen LogP contribution in [-0.4, -0.2) is 6.61 Å². The van der Waals surface area contributed by atoms with Gasteiger partial charge in [0, 0.05) is 6.61 Å². The molecular formula is C6H9LiO. The first-order valence-corrected chi connectivity index (χ1v) is 2.60. The van der Waals surface area contributed by atoms with E-state index in [9.17, 15) is 0 Å². The third-order valence-corrected chi connectivity index (χ3v) is 1.11. The standard InChI is InChI=1S/C6H9O.Li/c1-6-2-4-7-5-3-6;/h2,6H,3,5H2,1H3;/q-1;+1. The van der Waals surface area contributed by atoms with E-state index in [2.05, 4.69) is 13.2 Å². The molecule has 0 bridgehead atoms. The molecule has 0 spiro atoms. The molecule has 1 aliphatic heterocycles. The van der Waals surface area contributed by atoms with Crippen LogP contribution in [0, 0.1) is 12.2 Å². The Morgan fingerprint density at radius 2 is 2.50 bits per heavy atom. The van der Waals surface area contributed by atoms with Crippen LogP contribution in [-0.2, 0) is 4.74 Å². The number of rotatable bonds is 0. The predicted octanol–water partition coefficient (Wildman–Crippen LogP) is -1.64.